The molecule has 3 aromatic heterocycles. The van der Waals surface area contributed by atoms with Gasteiger partial charge in [0.05, 0.1) is 29.9 Å². The number of carboxylic acids is 1. The van der Waals surface area contributed by atoms with Crippen LogP contribution in [-0.2, 0) is 13.1 Å². The molecule has 0 atom stereocenters. The number of aromatic nitrogens is 4. The Morgan fingerprint density at radius 3 is 2.67 bits per heavy atom. The SMILES string of the molecule is CNc1n[nH]c2c1CN(c1nc3c(cc1F)c(=O)c(C(=O)O)cn3-c1ccc(F)cc1F)C2. The van der Waals surface area contributed by atoms with Crippen LogP contribution in [0.5, 0.6) is 0 Å². The van der Waals surface area contributed by atoms with Crippen LogP contribution < -0.4 is 15.6 Å². The molecule has 4 heterocycles. The number of fused-ring (bicyclic) bond motifs is 2. The Bertz CT molecular complexity index is 1510. The number of aromatic carboxylic acids is 1. The van der Waals surface area contributed by atoms with Gasteiger partial charge >= 0.3 is 5.97 Å². The number of halogens is 3. The molecule has 1 aliphatic heterocycles. The molecule has 3 N–H and O–H groups in total. The summed E-state index contributed by atoms with van der Waals surface area (Å²) in [5.74, 6) is -3.79. The Hall–Kier alpha value is -4.35. The molecule has 12 heteroatoms. The van der Waals surface area contributed by atoms with Gasteiger partial charge in [-0.2, -0.15) is 5.10 Å². The number of benzene rings is 1. The Kier molecular flexibility index (Phi) is 4.58. The van der Waals surface area contributed by atoms with E-state index in [0.29, 0.717) is 11.9 Å². The molecule has 33 heavy (non-hydrogen) atoms. The topological polar surface area (TPSA) is 116 Å². The van der Waals surface area contributed by atoms with Gasteiger partial charge in [-0.1, -0.05) is 0 Å². The normalized spacial score (nSPS) is 12.9. The maximum absolute atomic E-state index is 15.1. The van der Waals surface area contributed by atoms with E-state index in [1.54, 1.807) is 11.9 Å². The molecule has 0 amide bonds. The van der Waals surface area contributed by atoms with Crippen molar-refractivity contribution in [1.29, 1.82) is 0 Å². The van der Waals surface area contributed by atoms with Gasteiger partial charge in [0.2, 0.25) is 5.43 Å². The fourth-order valence-electron chi connectivity index (χ4n) is 3.95. The van der Waals surface area contributed by atoms with E-state index in [1.807, 2.05) is 0 Å². The van der Waals surface area contributed by atoms with E-state index in [4.69, 9.17) is 0 Å². The lowest BCUT2D eigenvalue weighted by molar-refractivity contribution is 0.0695. The molecule has 4 aromatic rings. The number of carboxylic acid groups (broad SMARTS) is 1. The zero-order valence-corrected chi connectivity index (χ0v) is 17.0. The molecule has 0 saturated heterocycles. The maximum atomic E-state index is 15.1. The number of nitrogens with zero attached hydrogens (tertiary/aromatic N) is 4. The summed E-state index contributed by atoms with van der Waals surface area (Å²) >= 11 is 0. The lowest BCUT2D eigenvalue weighted by Gasteiger charge is -2.20. The summed E-state index contributed by atoms with van der Waals surface area (Å²) in [4.78, 5) is 30.2. The van der Waals surface area contributed by atoms with Gasteiger partial charge in [-0.15, -0.1) is 0 Å². The molecule has 0 spiro atoms. The van der Waals surface area contributed by atoms with Gasteiger partial charge in [-0.3, -0.25) is 14.5 Å². The Labute approximate surface area is 183 Å². The number of carbonyl (C=O) groups is 1. The number of pyridine rings is 2. The minimum Gasteiger partial charge on any atom is -0.477 e. The van der Waals surface area contributed by atoms with Crippen molar-refractivity contribution < 1.29 is 23.1 Å². The summed E-state index contributed by atoms with van der Waals surface area (Å²) in [6.07, 6.45) is 0.896. The highest BCUT2D eigenvalue weighted by molar-refractivity contribution is 5.92. The average Bonchev–Trinajstić information content (AvgIpc) is 3.35. The molecule has 1 aromatic carbocycles. The number of hydrogen-bond acceptors (Lipinski definition) is 6. The number of H-pyrrole nitrogens is 1. The predicted octanol–water partition coefficient (Wildman–Crippen LogP) is 2.79. The van der Waals surface area contributed by atoms with Crippen molar-refractivity contribution in [1.82, 2.24) is 19.7 Å². The van der Waals surface area contributed by atoms with Crippen LogP contribution in [-0.4, -0.2) is 37.9 Å². The van der Waals surface area contributed by atoms with E-state index in [-0.39, 0.29) is 35.6 Å². The van der Waals surface area contributed by atoms with Crippen LogP contribution in [0.1, 0.15) is 21.6 Å². The molecule has 0 saturated carbocycles. The van der Waals surface area contributed by atoms with Crippen molar-refractivity contribution in [3.05, 3.63) is 75.0 Å². The molecule has 5 rings (SSSR count). The molecular formula is C21H15F3N6O3. The third kappa shape index (κ3) is 3.18. The number of anilines is 2. The Morgan fingerprint density at radius 1 is 1.18 bits per heavy atom. The molecule has 0 aliphatic carbocycles. The highest BCUT2D eigenvalue weighted by Crippen LogP contribution is 2.33. The number of rotatable bonds is 4. The van der Waals surface area contributed by atoms with Crippen molar-refractivity contribution in [3.8, 4) is 5.69 Å². The summed E-state index contributed by atoms with van der Waals surface area (Å²) in [6.45, 7) is 0.515. The second-order valence-corrected chi connectivity index (χ2v) is 7.44. The smallest absolute Gasteiger partial charge is 0.341 e. The number of aromatic amines is 1. The van der Waals surface area contributed by atoms with Crippen LogP contribution in [0.2, 0.25) is 0 Å². The fourth-order valence-corrected chi connectivity index (χ4v) is 3.95. The van der Waals surface area contributed by atoms with Crippen molar-refractivity contribution in [2.75, 3.05) is 17.3 Å². The molecule has 1 aliphatic rings. The van der Waals surface area contributed by atoms with E-state index in [2.05, 4.69) is 20.5 Å². The fraction of sp³-hybridized carbons (Fsp3) is 0.143. The first-order valence-corrected chi connectivity index (χ1v) is 9.72. The summed E-state index contributed by atoms with van der Waals surface area (Å²) in [7, 11) is 1.70. The van der Waals surface area contributed by atoms with Gasteiger partial charge < -0.3 is 15.3 Å². The van der Waals surface area contributed by atoms with Crippen LogP contribution >= 0.6 is 0 Å². The first-order valence-electron chi connectivity index (χ1n) is 9.72. The monoisotopic (exact) mass is 456 g/mol. The molecule has 0 fully saturated rings. The maximum Gasteiger partial charge on any atom is 0.341 e. The van der Waals surface area contributed by atoms with E-state index < -0.39 is 34.4 Å². The van der Waals surface area contributed by atoms with E-state index in [0.717, 1.165) is 40.2 Å². The summed E-state index contributed by atoms with van der Waals surface area (Å²) in [5.41, 5.74) is -0.522. The van der Waals surface area contributed by atoms with Gasteiger partial charge in [-0.25, -0.2) is 22.9 Å². The standard InChI is InChI=1S/C21H15F3N6O3/c1-25-18-11-6-29(8-15(11)27-28-18)20-14(24)5-10-17(31)12(21(32)33)7-30(19(10)26-20)16-3-2-9(22)4-13(16)23/h2-5,7H,6,8H2,1H3,(H,32,33)(H2,25,27,28). The second-order valence-electron chi connectivity index (χ2n) is 7.44. The molecule has 168 valence electrons. The second kappa shape index (κ2) is 7.36. The third-order valence-electron chi connectivity index (χ3n) is 5.50. The van der Waals surface area contributed by atoms with Gasteiger partial charge in [-0.05, 0) is 18.2 Å². The van der Waals surface area contributed by atoms with Crippen molar-refractivity contribution in [2.45, 2.75) is 13.1 Å². The van der Waals surface area contributed by atoms with E-state index >= 15 is 4.39 Å². The quantitative estimate of drug-likeness (QED) is 0.433. The lowest BCUT2D eigenvalue weighted by Crippen LogP contribution is -2.23. The molecular weight excluding hydrogens is 441 g/mol. The van der Waals surface area contributed by atoms with Crippen LogP contribution in [0.15, 0.2) is 35.3 Å². The minimum absolute atomic E-state index is 0.118. The van der Waals surface area contributed by atoms with Crippen LogP contribution in [0.4, 0.5) is 24.8 Å². The molecule has 0 bridgehead atoms. The van der Waals surface area contributed by atoms with Crippen molar-refractivity contribution in [2.24, 2.45) is 0 Å². The number of hydrogen-bond donors (Lipinski definition) is 3. The lowest BCUT2D eigenvalue weighted by atomic mass is 10.1. The minimum atomic E-state index is -1.58. The number of nitrogens with one attached hydrogen (secondary N) is 2. The summed E-state index contributed by atoms with van der Waals surface area (Å²) < 4.78 is 44.1. The average molecular weight is 456 g/mol. The molecule has 0 radical (unpaired) electrons. The van der Waals surface area contributed by atoms with Gasteiger partial charge in [0.25, 0.3) is 0 Å². The largest absolute Gasteiger partial charge is 0.477 e. The predicted molar refractivity (Wildman–Crippen MR) is 112 cm³/mol. The van der Waals surface area contributed by atoms with Crippen LogP contribution in [0.3, 0.4) is 0 Å². The van der Waals surface area contributed by atoms with Crippen molar-refractivity contribution >= 4 is 28.6 Å². The summed E-state index contributed by atoms with van der Waals surface area (Å²) in [6, 6.07) is 3.56. The zero-order chi connectivity index (χ0) is 23.4. The highest BCUT2D eigenvalue weighted by Gasteiger charge is 2.29. The first-order chi connectivity index (χ1) is 15.8. The van der Waals surface area contributed by atoms with Crippen molar-refractivity contribution in [3.63, 3.8) is 0 Å². The van der Waals surface area contributed by atoms with Crippen LogP contribution in [0, 0.1) is 17.5 Å². The van der Waals surface area contributed by atoms with E-state index in [1.165, 1.54) is 0 Å². The molecule has 0 unspecified atom stereocenters. The highest BCUT2D eigenvalue weighted by atomic mass is 19.1. The Morgan fingerprint density at radius 2 is 1.97 bits per heavy atom. The zero-order valence-electron chi connectivity index (χ0n) is 17.0. The summed E-state index contributed by atoms with van der Waals surface area (Å²) in [5, 5.41) is 19.0. The van der Waals surface area contributed by atoms with Gasteiger partial charge in [0.15, 0.2) is 23.1 Å². The first kappa shape index (κ1) is 20.5. The van der Waals surface area contributed by atoms with Gasteiger partial charge in [0, 0.05) is 24.9 Å². The Balaban J connectivity index is 1.74. The van der Waals surface area contributed by atoms with Gasteiger partial charge in [0.1, 0.15) is 17.2 Å². The van der Waals surface area contributed by atoms with Crippen LogP contribution in [0.25, 0.3) is 16.7 Å². The third-order valence-corrected chi connectivity index (χ3v) is 5.50. The molecule has 9 nitrogen and oxygen atoms in total. The van der Waals surface area contributed by atoms with E-state index in [9.17, 15) is 23.5 Å².